The maximum atomic E-state index is 12.5. The van der Waals surface area contributed by atoms with Gasteiger partial charge in [0, 0.05) is 21.0 Å². The Labute approximate surface area is 143 Å². The predicted octanol–water partition coefficient (Wildman–Crippen LogP) is -2.28. The number of ether oxygens (including phenoxy) is 2. The van der Waals surface area contributed by atoms with E-state index < -0.39 is 59.1 Å². The number of ketones is 4. The van der Waals surface area contributed by atoms with Crippen molar-refractivity contribution in [3.05, 3.63) is 0 Å². The van der Waals surface area contributed by atoms with Crippen LogP contribution in [0.3, 0.4) is 0 Å². The van der Waals surface area contributed by atoms with Gasteiger partial charge in [-0.25, -0.2) is 0 Å². The van der Waals surface area contributed by atoms with Gasteiger partial charge in [-0.2, -0.15) is 0 Å². The maximum absolute atomic E-state index is 12.5. The van der Waals surface area contributed by atoms with Crippen molar-refractivity contribution in [2.45, 2.75) is 51.1 Å². The quantitative estimate of drug-likeness (QED) is 0.219. The lowest BCUT2D eigenvalue weighted by molar-refractivity contribution is -0.232. The Morgan fingerprint density at radius 2 is 1.44 bits per heavy atom. The van der Waals surface area contributed by atoms with E-state index in [1.807, 2.05) is 0 Å². The van der Waals surface area contributed by atoms with E-state index in [1.165, 1.54) is 0 Å². The summed E-state index contributed by atoms with van der Waals surface area (Å²) in [6.45, 7) is 2.03. The summed E-state index contributed by atoms with van der Waals surface area (Å²) < 4.78 is 9.74. The molecule has 0 spiro atoms. The Bertz CT molecular complexity index is 583. The van der Waals surface area contributed by atoms with Crippen LogP contribution in [0.25, 0.3) is 0 Å². The smallest absolute Gasteiger partial charge is 0.304 e. The van der Waals surface area contributed by atoms with Crippen LogP contribution in [0.5, 0.6) is 0 Å². The Kier molecular flexibility index (Phi) is 7.71. The minimum absolute atomic E-state index is 0.749. The largest absolute Gasteiger partial charge is 0.439 e. The van der Waals surface area contributed by atoms with Gasteiger partial charge in [0.05, 0.1) is 6.61 Å². The normalized spacial score (nSPS) is 18.2. The van der Waals surface area contributed by atoms with Crippen LogP contribution < -0.4 is 0 Å². The number of carbonyl (C=O) groups is 5. The molecule has 0 aromatic rings. The molecule has 3 N–H and O–H groups in total. The van der Waals surface area contributed by atoms with Crippen LogP contribution in [0.1, 0.15) is 27.7 Å². The van der Waals surface area contributed by atoms with Crippen LogP contribution in [0.2, 0.25) is 0 Å². The van der Waals surface area contributed by atoms with E-state index in [4.69, 9.17) is 14.6 Å². The van der Waals surface area contributed by atoms with Crippen molar-refractivity contribution in [2.24, 2.45) is 0 Å². The van der Waals surface area contributed by atoms with Gasteiger partial charge < -0.3 is 24.8 Å². The van der Waals surface area contributed by atoms with Crippen molar-refractivity contribution < 1.29 is 48.8 Å². The second kappa shape index (κ2) is 8.39. The molecule has 0 saturated carbocycles. The molecular weight excluding hydrogens is 340 g/mol. The Hall–Kier alpha value is -2.01. The molecule has 0 fully saturated rings. The maximum Gasteiger partial charge on any atom is 0.304 e. The van der Waals surface area contributed by atoms with Gasteiger partial charge in [0.2, 0.25) is 5.60 Å². The second-order valence-electron chi connectivity index (χ2n) is 5.41. The first kappa shape index (κ1) is 23.0. The average molecular weight is 362 g/mol. The standard InChI is InChI=1S/C15H22O10/c1-7(17)12(22)15(9(3)19,25-10(4)20)14(24-5,8(2)18)13(23)11(21)6-16/h11,13,16,21,23H,6H2,1-5H3/t11-,13+,14+,15+/m1/s1. The lowest BCUT2D eigenvalue weighted by Crippen LogP contribution is -2.76. The minimum atomic E-state index is -3.18. The molecule has 142 valence electrons. The zero-order chi connectivity index (χ0) is 20.2. The molecule has 0 saturated heterocycles. The number of methoxy groups -OCH3 is 1. The number of hydrogen-bond donors (Lipinski definition) is 3. The van der Waals surface area contributed by atoms with E-state index in [0.29, 0.717) is 0 Å². The van der Waals surface area contributed by atoms with Crippen molar-refractivity contribution in [3.8, 4) is 0 Å². The summed E-state index contributed by atoms with van der Waals surface area (Å²) in [5.41, 5.74) is -6.14. The fourth-order valence-electron chi connectivity index (χ4n) is 2.69. The van der Waals surface area contributed by atoms with Crippen molar-refractivity contribution in [2.75, 3.05) is 13.7 Å². The highest BCUT2D eigenvalue weighted by atomic mass is 16.6. The summed E-state index contributed by atoms with van der Waals surface area (Å²) in [5, 5.41) is 29.2. The molecule has 0 amide bonds. The SMILES string of the molecule is CO[C@@](C(C)=O)([C@@H](O)[C@H](O)CO)[C@](OC(C)=O)(C(C)=O)C(=O)C(C)=O. The van der Waals surface area contributed by atoms with Crippen LogP contribution in [0, 0.1) is 0 Å². The molecule has 0 aliphatic carbocycles. The van der Waals surface area contributed by atoms with Crippen LogP contribution in [-0.2, 0) is 33.4 Å². The number of esters is 1. The van der Waals surface area contributed by atoms with Gasteiger partial charge >= 0.3 is 5.97 Å². The van der Waals surface area contributed by atoms with Gasteiger partial charge in [-0.05, 0) is 13.8 Å². The first-order valence-corrected chi connectivity index (χ1v) is 7.15. The predicted molar refractivity (Wildman–Crippen MR) is 80.4 cm³/mol. The van der Waals surface area contributed by atoms with E-state index in [1.54, 1.807) is 0 Å². The molecule has 0 aliphatic rings. The Balaban J connectivity index is 7.11. The summed E-state index contributed by atoms with van der Waals surface area (Å²) in [6, 6.07) is 0. The monoisotopic (exact) mass is 362 g/mol. The molecular formula is C15H22O10. The molecule has 0 aliphatic heterocycles. The van der Waals surface area contributed by atoms with Crippen molar-refractivity contribution in [1.29, 1.82) is 0 Å². The van der Waals surface area contributed by atoms with Crippen molar-refractivity contribution in [3.63, 3.8) is 0 Å². The molecule has 25 heavy (non-hydrogen) atoms. The molecule has 0 aromatic carbocycles. The molecule has 4 atom stereocenters. The molecule has 0 heterocycles. The molecule has 0 radical (unpaired) electrons. The van der Waals surface area contributed by atoms with Gasteiger partial charge in [0.15, 0.2) is 17.3 Å². The van der Waals surface area contributed by atoms with E-state index in [2.05, 4.69) is 0 Å². The number of carbonyl (C=O) groups excluding carboxylic acids is 5. The topological polar surface area (TPSA) is 164 Å². The van der Waals surface area contributed by atoms with E-state index in [9.17, 15) is 34.2 Å². The number of rotatable bonds is 10. The van der Waals surface area contributed by atoms with Gasteiger partial charge in [-0.3, -0.25) is 24.0 Å². The van der Waals surface area contributed by atoms with Gasteiger partial charge in [0.25, 0.3) is 11.4 Å². The summed E-state index contributed by atoms with van der Waals surface area (Å²) in [4.78, 5) is 60.4. The van der Waals surface area contributed by atoms with E-state index >= 15 is 0 Å². The zero-order valence-corrected chi connectivity index (χ0v) is 14.6. The Morgan fingerprint density at radius 3 is 1.68 bits per heavy atom. The summed E-state index contributed by atoms with van der Waals surface area (Å²) in [7, 11) is 0.809. The lowest BCUT2D eigenvalue weighted by atomic mass is 9.68. The fourth-order valence-corrected chi connectivity index (χ4v) is 2.69. The third-order valence-electron chi connectivity index (χ3n) is 3.77. The van der Waals surface area contributed by atoms with Crippen LogP contribution >= 0.6 is 0 Å². The fraction of sp³-hybridized carbons (Fsp3) is 0.667. The molecule has 0 unspecified atom stereocenters. The molecule has 10 nitrogen and oxygen atoms in total. The molecule has 0 rings (SSSR count). The summed E-state index contributed by atoms with van der Waals surface area (Å²) in [6.07, 6.45) is -4.44. The van der Waals surface area contributed by atoms with Gasteiger partial charge in [-0.15, -0.1) is 0 Å². The highest BCUT2D eigenvalue weighted by molar-refractivity contribution is 6.45. The first-order chi connectivity index (χ1) is 11.4. The third-order valence-corrected chi connectivity index (χ3v) is 3.77. The minimum Gasteiger partial charge on any atom is -0.439 e. The third kappa shape index (κ3) is 3.66. The average Bonchev–Trinajstić information content (AvgIpc) is 2.51. The summed E-state index contributed by atoms with van der Waals surface area (Å²) in [5.74, 6) is -6.59. The lowest BCUT2D eigenvalue weighted by Gasteiger charge is -2.46. The van der Waals surface area contributed by atoms with Gasteiger partial charge in [0.1, 0.15) is 12.2 Å². The highest BCUT2D eigenvalue weighted by Crippen LogP contribution is 2.38. The Morgan fingerprint density at radius 1 is 0.960 bits per heavy atom. The summed E-state index contributed by atoms with van der Waals surface area (Å²) >= 11 is 0. The molecule has 10 heteroatoms. The number of aliphatic hydroxyl groups excluding tert-OH is 3. The van der Waals surface area contributed by atoms with Crippen LogP contribution in [0.4, 0.5) is 0 Å². The number of aliphatic hydroxyl groups is 3. The molecule has 0 bridgehead atoms. The number of hydrogen-bond acceptors (Lipinski definition) is 10. The van der Waals surface area contributed by atoms with Crippen molar-refractivity contribution in [1.82, 2.24) is 0 Å². The first-order valence-electron chi connectivity index (χ1n) is 7.15. The van der Waals surface area contributed by atoms with Gasteiger partial charge in [-0.1, -0.05) is 0 Å². The zero-order valence-electron chi connectivity index (χ0n) is 14.6. The highest BCUT2D eigenvalue weighted by Gasteiger charge is 2.71. The second-order valence-corrected chi connectivity index (χ2v) is 5.41. The van der Waals surface area contributed by atoms with E-state index in [-0.39, 0.29) is 0 Å². The van der Waals surface area contributed by atoms with E-state index in [0.717, 1.165) is 34.8 Å². The number of Topliss-reactive ketones (excluding diaryl/α,β-unsaturated/α-hetero) is 4. The van der Waals surface area contributed by atoms with Crippen molar-refractivity contribution >= 4 is 29.1 Å². The van der Waals surface area contributed by atoms with Crippen LogP contribution in [0.15, 0.2) is 0 Å². The molecule has 0 aromatic heterocycles. The van der Waals surface area contributed by atoms with Crippen LogP contribution in [-0.4, -0.2) is 81.5 Å².